The number of primary sulfonamides is 1. The van der Waals surface area contributed by atoms with Crippen LogP contribution in [-0.2, 0) is 21.4 Å². The van der Waals surface area contributed by atoms with Crippen molar-refractivity contribution in [1.29, 1.82) is 0 Å². The predicted molar refractivity (Wildman–Crippen MR) is 79.5 cm³/mol. The van der Waals surface area contributed by atoms with Gasteiger partial charge in [0.25, 0.3) is 0 Å². The molecule has 1 amide bonds. The predicted octanol–water partition coefficient (Wildman–Crippen LogP) is 0.325. The lowest BCUT2D eigenvalue weighted by Gasteiger charge is -2.17. The Bertz CT molecular complexity index is 616. The highest BCUT2D eigenvalue weighted by atomic mass is 32.2. The van der Waals surface area contributed by atoms with E-state index in [-0.39, 0.29) is 29.2 Å². The van der Waals surface area contributed by atoms with E-state index < -0.39 is 10.0 Å². The molecule has 0 heterocycles. The van der Waals surface area contributed by atoms with Crippen LogP contribution in [0.4, 0.5) is 0 Å². The summed E-state index contributed by atoms with van der Waals surface area (Å²) in [6, 6.07) is 6.27. The first-order valence-corrected chi connectivity index (χ1v) is 8.56. The third-order valence-corrected chi connectivity index (χ3v) is 4.90. The fourth-order valence-corrected chi connectivity index (χ4v) is 3.40. The second kappa shape index (κ2) is 6.55. The van der Waals surface area contributed by atoms with Gasteiger partial charge >= 0.3 is 0 Å². The van der Waals surface area contributed by atoms with E-state index in [1.807, 2.05) is 0 Å². The number of rotatable bonds is 5. The molecule has 116 valence electrons. The number of hydrogen-bond acceptors (Lipinski definition) is 4. The number of carbonyl (C=O) groups is 1. The minimum Gasteiger partial charge on any atom is -0.352 e. The average molecular weight is 311 g/mol. The molecule has 0 bridgehead atoms. The smallest absolute Gasteiger partial charge is 0.238 e. The average Bonchev–Trinajstić information content (AvgIpc) is 2.92. The molecular formula is C14H21N3O3S. The highest BCUT2D eigenvalue weighted by molar-refractivity contribution is 7.89. The maximum absolute atomic E-state index is 12.2. The topological polar surface area (TPSA) is 115 Å². The van der Waals surface area contributed by atoms with Gasteiger partial charge in [0.15, 0.2) is 0 Å². The maximum Gasteiger partial charge on any atom is 0.238 e. The Morgan fingerprint density at radius 1 is 1.33 bits per heavy atom. The van der Waals surface area contributed by atoms with E-state index in [0.717, 1.165) is 19.3 Å². The zero-order valence-corrected chi connectivity index (χ0v) is 12.6. The van der Waals surface area contributed by atoms with E-state index in [4.69, 9.17) is 10.9 Å². The molecule has 5 N–H and O–H groups in total. The molecule has 1 aliphatic carbocycles. The van der Waals surface area contributed by atoms with Gasteiger partial charge in [-0.25, -0.2) is 13.6 Å². The quantitative estimate of drug-likeness (QED) is 0.726. The molecule has 21 heavy (non-hydrogen) atoms. The molecule has 1 fully saturated rings. The Labute approximate surface area is 124 Å². The zero-order valence-electron chi connectivity index (χ0n) is 11.8. The number of carbonyl (C=O) groups excluding carboxylic acids is 1. The molecule has 1 aromatic rings. The summed E-state index contributed by atoms with van der Waals surface area (Å²) in [5.74, 6) is 0.209. The lowest BCUT2D eigenvalue weighted by molar-refractivity contribution is -0.126. The Balaban J connectivity index is 1.98. The van der Waals surface area contributed by atoms with Crippen molar-refractivity contribution in [3.8, 4) is 0 Å². The van der Waals surface area contributed by atoms with Crippen LogP contribution in [0.25, 0.3) is 0 Å². The maximum atomic E-state index is 12.2. The standard InChI is InChI=1S/C14H21N3O3S/c15-8-11-4-2-6-13(11)14(18)17-9-10-3-1-5-12(7-10)21(16,19)20/h1,3,5,7,11,13H,2,4,6,8-9,15H2,(H,17,18)(H2,16,19,20)/t11-,13-/m1/s1. The van der Waals surface area contributed by atoms with Crippen molar-refractivity contribution < 1.29 is 13.2 Å². The summed E-state index contributed by atoms with van der Waals surface area (Å²) in [6.07, 6.45) is 2.89. The number of amides is 1. The summed E-state index contributed by atoms with van der Waals surface area (Å²) in [6.45, 7) is 0.814. The van der Waals surface area contributed by atoms with Gasteiger partial charge in [0.05, 0.1) is 4.90 Å². The monoisotopic (exact) mass is 311 g/mol. The number of nitrogens with two attached hydrogens (primary N) is 2. The summed E-state index contributed by atoms with van der Waals surface area (Å²) in [5.41, 5.74) is 6.38. The summed E-state index contributed by atoms with van der Waals surface area (Å²) in [5, 5.41) is 7.94. The van der Waals surface area contributed by atoms with Gasteiger partial charge < -0.3 is 11.1 Å². The molecule has 0 aliphatic heterocycles. The van der Waals surface area contributed by atoms with E-state index in [0.29, 0.717) is 12.1 Å². The first-order valence-electron chi connectivity index (χ1n) is 7.01. The Hall–Kier alpha value is -1.44. The van der Waals surface area contributed by atoms with Crippen molar-refractivity contribution in [3.05, 3.63) is 29.8 Å². The molecule has 0 saturated heterocycles. The molecule has 1 aliphatic rings. The van der Waals surface area contributed by atoms with Crippen molar-refractivity contribution in [2.45, 2.75) is 30.7 Å². The lowest BCUT2D eigenvalue weighted by Crippen LogP contribution is -2.34. The van der Waals surface area contributed by atoms with E-state index in [2.05, 4.69) is 5.32 Å². The summed E-state index contributed by atoms with van der Waals surface area (Å²) < 4.78 is 22.6. The number of hydrogen-bond donors (Lipinski definition) is 3. The van der Waals surface area contributed by atoms with E-state index in [1.165, 1.54) is 12.1 Å². The van der Waals surface area contributed by atoms with Gasteiger partial charge in [0.2, 0.25) is 15.9 Å². The molecule has 7 heteroatoms. The van der Waals surface area contributed by atoms with Crippen LogP contribution in [0.5, 0.6) is 0 Å². The van der Waals surface area contributed by atoms with Gasteiger partial charge in [0.1, 0.15) is 0 Å². The van der Waals surface area contributed by atoms with Gasteiger partial charge in [-0.3, -0.25) is 4.79 Å². The Kier molecular flexibility index (Phi) is 4.97. The van der Waals surface area contributed by atoms with Crippen LogP contribution in [0.3, 0.4) is 0 Å². The Morgan fingerprint density at radius 3 is 2.76 bits per heavy atom. The van der Waals surface area contributed by atoms with Gasteiger partial charge in [-0.1, -0.05) is 18.6 Å². The molecule has 0 spiro atoms. The number of sulfonamides is 1. The van der Waals surface area contributed by atoms with Gasteiger partial charge in [0, 0.05) is 12.5 Å². The largest absolute Gasteiger partial charge is 0.352 e. The number of nitrogens with one attached hydrogen (secondary N) is 1. The molecule has 2 rings (SSSR count). The van der Waals surface area contributed by atoms with Crippen molar-refractivity contribution >= 4 is 15.9 Å². The molecule has 2 atom stereocenters. The molecule has 0 unspecified atom stereocenters. The van der Waals surface area contributed by atoms with E-state index >= 15 is 0 Å². The normalized spacial score (nSPS) is 22.2. The van der Waals surface area contributed by atoms with Crippen LogP contribution in [-0.4, -0.2) is 20.9 Å². The molecule has 1 saturated carbocycles. The second-order valence-electron chi connectivity index (χ2n) is 5.44. The van der Waals surface area contributed by atoms with Crippen LogP contribution < -0.4 is 16.2 Å². The highest BCUT2D eigenvalue weighted by Gasteiger charge is 2.31. The van der Waals surface area contributed by atoms with Gasteiger partial charge in [-0.05, 0) is 43.0 Å². The molecular weight excluding hydrogens is 290 g/mol. The van der Waals surface area contributed by atoms with Gasteiger partial charge in [-0.15, -0.1) is 0 Å². The summed E-state index contributed by atoms with van der Waals surface area (Å²) in [4.78, 5) is 12.2. The van der Waals surface area contributed by atoms with Crippen molar-refractivity contribution in [1.82, 2.24) is 5.32 Å². The SMILES string of the molecule is NC[C@H]1CCC[C@H]1C(=O)NCc1cccc(S(N)(=O)=O)c1. The Morgan fingerprint density at radius 2 is 2.10 bits per heavy atom. The van der Waals surface area contributed by atoms with Crippen molar-refractivity contribution in [3.63, 3.8) is 0 Å². The van der Waals surface area contributed by atoms with Crippen LogP contribution in [0.15, 0.2) is 29.2 Å². The number of benzene rings is 1. The molecule has 1 aromatic carbocycles. The summed E-state index contributed by atoms with van der Waals surface area (Å²) in [7, 11) is -3.72. The minimum absolute atomic E-state index is 0.0102. The van der Waals surface area contributed by atoms with Crippen molar-refractivity contribution in [2.24, 2.45) is 22.7 Å². The molecule has 6 nitrogen and oxygen atoms in total. The lowest BCUT2D eigenvalue weighted by atomic mass is 9.95. The van der Waals surface area contributed by atoms with Crippen LogP contribution in [0.1, 0.15) is 24.8 Å². The van der Waals surface area contributed by atoms with E-state index in [1.54, 1.807) is 12.1 Å². The molecule has 0 radical (unpaired) electrons. The highest BCUT2D eigenvalue weighted by Crippen LogP contribution is 2.30. The van der Waals surface area contributed by atoms with Crippen LogP contribution in [0.2, 0.25) is 0 Å². The van der Waals surface area contributed by atoms with Gasteiger partial charge in [-0.2, -0.15) is 0 Å². The zero-order chi connectivity index (χ0) is 15.5. The van der Waals surface area contributed by atoms with Crippen LogP contribution >= 0.6 is 0 Å². The second-order valence-corrected chi connectivity index (χ2v) is 7.00. The fourth-order valence-electron chi connectivity index (χ4n) is 2.82. The van der Waals surface area contributed by atoms with Crippen molar-refractivity contribution in [2.75, 3.05) is 6.54 Å². The summed E-state index contributed by atoms with van der Waals surface area (Å²) >= 11 is 0. The third-order valence-electron chi connectivity index (χ3n) is 3.99. The van der Waals surface area contributed by atoms with E-state index in [9.17, 15) is 13.2 Å². The fraction of sp³-hybridized carbons (Fsp3) is 0.500. The first-order chi connectivity index (χ1) is 9.91. The minimum atomic E-state index is -3.72. The van der Waals surface area contributed by atoms with Crippen LogP contribution in [0, 0.1) is 11.8 Å². The first kappa shape index (κ1) is 15.9. The third kappa shape index (κ3) is 4.03. The molecule has 0 aromatic heterocycles.